The average Bonchev–Trinajstić information content (AvgIpc) is 3.06. The van der Waals surface area contributed by atoms with Crippen LogP contribution in [-0.4, -0.2) is 39.5 Å². The molecule has 7 nitrogen and oxygen atoms in total. The van der Waals surface area contributed by atoms with E-state index in [9.17, 15) is 9.59 Å². The van der Waals surface area contributed by atoms with Crippen LogP contribution in [0.2, 0.25) is 0 Å². The summed E-state index contributed by atoms with van der Waals surface area (Å²) in [6, 6.07) is 6.58. The number of hydrogen-bond donors (Lipinski definition) is 1. The summed E-state index contributed by atoms with van der Waals surface area (Å²) < 4.78 is 6.62. The standard InChI is InChI=1S/C20H28N4O3S/c1-4-5-6-7-8-9-17-22-23-20(24(17)2)28-14-18(25)21-16-12-10-15(11-13-16)19(26)27-3/h10-13H,4-9,14H2,1-3H3,(H,21,25). The summed E-state index contributed by atoms with van der Waals surface area (Å²) in [5.41, 5.74) is 1.07. The van der Waals surface area contributed by atoms with Gasteiger partial charge in [-0.25, -0.2) is 4.79 Å². The first-order chi connectivity index (χ1) is 13.5. The van der Waals surface area contributed by atoms with Crippen molar-refractivity contribution in [1.82, 2.24) is 14.8 Å². The predicted molar refractivity (Wildman–Crippen MR) is 111 cm³/mol. The number of unbranched alkanes of at least 4 members (excludes halogenated alkanes) is 4. The number of aromatic nitrogens is 3. The summed E-state index contributed by atoms with van der Waals surface area (Å²) in [6.07, 6.45) is 7.00. The zero-order chi connectivity index (χ0) is 20.4. The van der Waals surface area contributed by atoms with Gasteiger partial charge in [-0.05, 0) is 30.7 Å². The van der Waals surface area contributed by atoms with Gasteiger partial charge in [-0.2, -0.15) is 0 Å². The highest BCUT2D eigenvalue weighted by Gasteiger charge is 2.12. The third-order valence-corrected chi connectivity index (χ3v) is 5.37. The van der Waals surface area contributed by atoms with Crippen LogP contribution in [0.3, 0.4) is 0 Å². The Kier molecular flexibility index (Phi) is 9.00. The summed E-state index contributed by atoms with van der Waals surface area (Å²) in [5, 5.41) is 12.0. The fourth-order valence-electron chi connectivity index (χ4n) is 2.71. The predicted octanol–water partition coefficient (Wildman–Crippen LogP) is 3.85. The van der Waals surface area contributed by atoms with Crippen LogP contribution < -0.4 is 5.32 Å². The van der Waals surface area contributed by atoms with E-state index in [1.54, 1.807) is 24.3 Å². The summed E-state index contributed by atoms with van der Waals surface area (Å²) in [7, 11) is 3.27. The number of nitrogens with one attached hydrogen (secondary N) is 1. The molecule has 1 heterocycles. The van der Waals surface area contributed by atoms with E-state index in [2.05, 4.69) is 27.2 Å². The van der Waals surface area contributed by atoms with Gasteiger partial charge < -0.3 is 14.6 Å². The monoisotopic (exact) mass is 404 g/mol. The van der Waals surface area contributed by atoms with Crippen LogP contribution in [0, 0.1) is 0 Å². The van der Waals surface area contributed by atoms with Gasteiger partial charge in [0.25, 0.3) is 0 Å². The molecule has 0 spiro atoms. The van der Waals surface area contributed by atoms with Crippen molar-refractivity contribution < 1.29 is 14.3 Å². The fourth-order valence-corrected chi connectivity index (χ4v) is 3.44. The number of benzene rings is 1. The maximum Gasteiger partial charge on any atom is 0.337 e. The summed E-state index contributed by atoms with van der Waals surface area (Å²) in [4.78, 5) is 23.6. The number of amides is 1. The van der Waals surface area contributed by atoms with E-state index in [4.69, 9.17) is 0 Å². The van der Waals surface area contributed by atoms with Crippen molar-refractivity contribution in [3.8, 4) is 0 Å². The second kappa shape index (κ2) is 11.5. The number of aryl methyl sites for hydroxylation is 1. The molecule has 1 aromatic carbocycles. The number of anilines is 1. The number of methoxy groups -OCH3 is 1. The molecule has 0 aliphatic rings. The van der Waals surface area contributed by atoms with Crippen molar-refractivity contribution in [3.05, 3.63) is 35.7 Å². The Morgan fingerprint density at radius 2 is 1.82 bits per heavy atom. The van der Waals surface area contributed by atoms with Crippen LogP contribution in [-0.2, 0) is 23.0 Å². The highest BCUT2D eigenvalue weighted by molar-refractivity contribution is 7.99. The van der Waals surface area contributed by atoms with Gasteiger partial charge in [0.15, 0.2) is 5.16 Å². The van der Waals surface area contributed by atoms with Gasteiger partial charge >= 0.3 is 5.97 Å². The number of rotatable bonds is 11. The Balaban J connectivity index is 1.78. The molecule has 0 radical (unpaired) electrons. The maximum atomic E-state index is 12.2. The second-order valence-corrected chi connectivity index (χ2v) is 7.47. The number of carbonyl (C=O) groups is 2. The Morgan fingerprint density at radius 3 is 2.50 bits per heavy atom. The molecule has 0 aliphatic heterocycles. The number of nitrogens with zero attached hydrogens (tertiary/aromatic N) is 3. The Labute approximate surface area is 170 Å². The highest BCUT2D eigenvalue weighted by Crippen LogP contribution is 2.18. The van der Waals surface area contributed by atoms with Gasteiger partial charge in [0.05, 0.1) is 18.4 Å². The Morgan fingerprint density at radius 1 is 1.11 bits per heavy atom. The number of hydrogen-bond acceptors (Lipinski definition) is 6. The Hall–Kier alpha value is -2.35. The van der Waals surface area contributed by atoms with Crippen LogP contribution in [0.4, 0.5) is 5.69 Å². The van der Waals surface area contributed by atoms with Crippen molar-refractivity contribution in [3.63, 3.8) is 0 Å². The van der Waals surface area contributed by atoms with Crippen LogP contribution >= 0.6 is 11.8 Å². The quantitative estimate of drug-likeness (QED) is 0.348. The topological polar surface area (TPSA) is 86.1 Å². The largest absolute Gasteiger partial charge is 0.465 e. The van der Waals surface area contributed by atoms with Crippen LogP contribution in [0.15, 0.2) is 29.4 Å². The van der Waals surface area contributed by atoms with Gasteiger partial charge in [0, 0.05) is 19.2 Å². The summed E-state index contributed by atoms with van der Waals surface area (Å²) in [6.45, 7) is 2.21. The molecule has 8 heteroatoms. The first kappa shape index (κ1) is 21.9. The molecule has 152 valence electrons. The van der Waals surface area contributed by atoms with E-state index in [1.165, 1.54) is 44.6 Å². The lowest BCUT2D eigenvalue weighted by Crippen LogP contribution is -2.14. The van der Waals surface area contributed by atoms with Crippen LogP contribution in [0.1, 0.15) is 55.2 Å². The van der Waals surface area contributed by atoms with Crippen molar-refractivity contribution in [2.45, 2.75) is 50.6 Å². The lowest BCUT2D eigenvalue weighted by atomic mass is 10.1. The van der Waals surface area contributed by atoms with Crippen molar-refractivity contribution in [2.75, 3.05) is 18.2 Å². The zero-order valence-electron chi connectivity index (χ0n) is 16.7. The van der Waals surface area contributed by atoms with Crippen molar-refractivity contribution in [1.29, 1.82) is 0 Å². The molecular weight excluding hydrogens is 376 g/mol. The molecule has 0 bridgehead atoms. The van der Waals surface area contributed by atoms with E-state index >= 15 is 0 Å². The Bertz CT molecular complexity index is 774. The first-order valence-electron chi connectivity index (χ1n) is 9.54. The van der Waals surface area contributed by atoms with Gasteiger partial charge in [0.1, 0.15) is 5.82 Å². The molecule has 1 N–H and O–H groups in total. The third-order valence-electron chi connectivity index (χ3n) is 4.35. The van der Waals surface area contributed by atoms with E-state index in [1.807, 2.05) is 11.6 Å². The van der Waals surface area contributed by atoms with Gasteiger partial charge in [-0.1, -0.05) is 44.4 Å². The number of carbonyl (C=O) groups excluding carboxylic acids is 2. The summed E-state index contributed by atoms with van der Waals surface area (Å²) in [5.74, 6) is 0.649. The molecule has 0 aliphatic carbocycles. The molecule has 2 aromatic rings. The van der Waals surface area contributed by atoms with Crippen molar-refractivity contribution in [2.24, 2.45) is 7.05 Å². The van der Waals surface area contributed by atoms with E-state index in [-0.39, 0.29) is 11.7 Å². The fraction of sp³-hybridized carbons (Fsp3) is 0.500. The van der Waals surface area contributed by atoms with E-state index in [0.717, 1.165) is 23.8 Å². The van der Waals surface area contributed by atoms with Crippen molar-refractivity contribution >= 4 is 29.3 Å². The van der Waals surface area contributed by atoms with Gasteiger partial charge in [-0.3, -0.25) is 4.79 Å². The number of ether oxygens (including phenoxy) is 1. The molecular formula is C20H28N4O3S. The number of esters is 1. The SMILES string of the molecule is CCCCCCCc1nnc(SCC(=O)Nc2ccc(C(=O)OC)cc2)n1C. The van der Waals surface area contributed by atoms with Crippen LogP contribution in [0.25, 0.3) is 0 Å². The molecule has 0 unspecified atom stereocenters. The minimum atomic E-state index is -0.406. The average molecular weight is 405 g/mol. The second-order valence-electron chi connectivity index (χ2n) is 6.53. The minimum Gasteiger partial charge on any atom is -0.465 e. The van der Waals surface area contributed by atoms with Gasteiger partial charge in [0.2, 0.25) is 5.91 Å². The lowest BCUT2D eigenvalue weighted by Gasteiger charge is -2.06. The molecule has 0 saturated carbocycles. The number of thioether (sulfide) groups is 1. The molecule has 28 heavy (non-hydrogen) atoms. The van der Waals surface area contributed by atoms with E-state index < -0.39 is 5.97 Å². The van der Waals surface area contributed by atoms with Gasteiger partial charge in [-0.15, -0.1) is 10.2 Å². The molecule has 0 saturated heterocycles. The maximum absolute atomic E-state index is 12.2. The first-order valence-corrected chi connectivity index (χ1v) is 10.5. The molecule has 1 aromatic heterocycles. The van der Waals surface area contributed by atoms with E-state index in [0.29, 0.717) is 11.3 Å². The smallest absolute Gasteiger partial charge is 0.337 e. The lowest BCUT2D eigenvalue weighted by molar-refractivity contribution is -0.113. The summed E-state index contributed by atoms with van der Waals surface area (Å²) >= 11 is 1.36. The third kappa shape index (κ3) is 6.67. The van der Waals surface area contributed by atoms with Crippen LogP contribution in [0.5, 0.6) is 0 Å². The highest BCUT2D eigenvalue weighted by atomic mass is 32.2. The zero-order valence-corrected chi connectivity index (χ0v) is 17.6. The normalized spacial score (nSPS) is 10.7. The molecule has 0 fully saturated rings. The molecule has 2 rings (SSSR count). The molecule has 1 amide bonds. The minimum absolute atomic E-state index is 0.139. The molecule has 0 atom stereocenters.